The molecule has 110 valence electrons. The van der Waals surface area contributed by atoms with Gasteiger partial charge in [-0.15, -0.1) is 0 Å². The van der Waals surface area contributed by atoms with Crippen molar-refractivity contribution < 1.29 is 9.53 Å². The van der Waals surface area contributed by atoms with E-state index < -0.39 is 0 Å². The van der Waals surface area contributed by atoms with Gasteiger partial charge in [0, 0.05) is 5.02 Å². The van der Waals surface area contributed by atoms with Crippen LogP contribution in [0.5, 0.6) is 5.75 Å². The monoisotopic (exact) mass is 313 g/mol. The van der Waals surface area contributed by atoms with Crippen molar-refractivity contribution in [3.05, 3.63) is 64.7 Å². The molecule has 0 aliphatic carbocycles. The Kier molecular flexibility index (Phi) is 5.52. The molecule has 0 heterocycles. The number of benzene rings is 2. The number of ether oxygens (including phenoxy) is 1. The SMILES string of the molecule is N#Cc1ccc(OCC(=O)N/N=C\c2cccc(Cl)c2)cc1. The second kappa shape index (κ2) is 7.81. The zero-order valence-electron chi connectivity index (χ0n) is 11.5. The van der Waals surface area contributed by atoms with Crippen LogP contribution in [0.15, 0.2) is 53.6 Å². The molecule has 1 amide bonds. The third-order valence-electron chi connectivity index (χ3n) is 2.60. The Morgan fingerprint density at radius 1 is 1.32 bits per heavy atom. The Morgan fingerprint density at radius 3 is 2.77 bits per heavy atom. The van der Waals surface area contributed by atoms with E-state index in [9.17, 15) is 4.79 Å². The van der Waals surface area contributed by atoms with Crippen LogP contribution in [0.25, 0.3) is 0 Å². The lowest BCUT2D eigenvalue weighted by Crippen LogP contribution is -2.24. The molecule has 5 nitrogen and oxygen atoms in total. The standard InChI is InChI=1S/C16H12ClN3O2/c17-14-3-1-2-13(8-14)10-19-20-16(21)11-22-15-6-4-12(9-18)5-7-15/h1-8,10H,11H2,(H,20,21)/b19-10-. The number of hydrogen-bond acceptors (Lipinski definition) is 4. The van der Waals surface area contributed by atoms with Gasteiger partial charge in [-0.2, -0.15) is 10.4 Å². The third-order valence-corrected chi connectivity index (χ3v) is 2.84. The quantitative estimate of drug-likeness (QED) is 0.681. The highest BCUT2D eigenvalue weighted by atomic mass is 35.5. The van der Waals surface area contributed by atoms with E-state index in [1.54, 1.807) is 42.5 Å². The second-order valence-corrected chi connectivity index (χ2v) is 4.71. The first-order chi connectivity index (χ1) is 10.7. The number of amides is 1. The third kappa shape index (κ3) is 4.93. The minimum absolute atomic E-state index is 0.168. The van der Waals surface area contributed by atoms with Gasteiger partial charge in [-0.3, -0.25) is 4.79 Å². The Bertz CT molecular complexity index is 721. The Balaban J connectivity index is 1.79. The fraction of sp³-hybridized carbons (Fsp3) is 0.0625. The summed E-state index contributed by atoms with van der Waals surface area (Å²) in [6, 6.07) is 15.6. The summed E-state index contributed by atoms with van der Waals surface area (Å²) in [5.41, 5.74) is 3.66. The van der Waals surface area contributed by atoms with E-state index >= 15 is 0 Å². The van der Waals surface area contributed by atoms with E-state index in [0.29, 0.717) is 16.3 Å². The van der Waals surface area contributed by atoms with Crippen LogP contribution in [-0.4, -0.2) is 18.7 Å². The van der Waals surface area contributed by atoms with Crippen molar-refractivity contribution >= 4 is 23.7 Å². The summed E-state index contributed by atoms with van der Waals surface area (Å²) in [5, 5.41) is 13.1. The molecule has 0 fully saturated rings. The van der Waals surface area contributed by atoms with Gasteiger partial charge in [-0.25, -0.2) is 5.43 Å². The molecule has 2 aromatic rings. The summed E-state index contributed by atoms with van der Waals surface area (Å²) in [5.74, 6) is 0.121. The average molecular weight is 314 g/mol. The normalized spacial score (nSPS) is 10.2. The number of rotatable bonds is 5. The number of halogens is 1. The summed E-state index contributed by atoms with van der Waals surface area (Å²) in [6.45, 7) is -0.168. The molecule has 1 N–H and O–H groups in total. The van der Waals surface area contributed by atoms with Crippen molar-refractivity contribution in [1.29, 1.82) is 5.26 Å². The minimum Gasteiger partial charge on any atom is -0.484 e. The van der Waals surface area contributed by atoms with E-state index in [2.05, 4.69) is 10.5 Å². The van der Waals surface area contributed by atoms with Crippen molar-refractivity contribution in [2.24, 2.45) is 5.10 Å². The first-order valence-corrected chi connectivity index (χ1v) is 6.75. The number of nitrogens with one attached hydrogen (secondary N) is 1. The summed E-state index contributed by atoms with van der Waals surface area (Å²) in [6.07, 6.45) is 1.49. The fourth-order valence-electron chi connectivity index (χ4n) is 1.57. The Morgan fingerprint density at radius 2 is 2.09 bits per heavy atom. The molecular formula is C16H12ClN3O2. The predicted octanol–water partition coefficient (Wildman–Crippen LogP) is 2.74. The maximum atomic E-state index is 11.6. The zero-order valence-corrected chi connectivity index (χ0v) is 12.2. The molecule has 0 saturated carbocycles. The molecule has 0 aliphatic rings. The molecule has 2 aromatic carbocycles. The van der Waals surface area contributed by atoms with E-state index in [0.717, 1.165) is 5.56 Å². The molecular weight excluding hydrogens is 302 g/mol. The fourth-order valence-corrected chi connectivity index (χ4v) is 1.77. The highest BCUT2D eigenvalue weighted by molar-refractivity contribution is 6.30. The molecule has 0 saturated heterocycles. The van der Waals surface area contributed by atoms with Gasteiger partial charge in [-0.1, -0.05) is 23.7 Å². The van der Waals surface area contributed by atoms with Crippen LogP contribution in [0.2, 0.25) is 5.02 Å². The highest BCUT2D eigenvalue weighted by Crippen LogP contribution is 2.11. The van der Waals surface area contributed by atoms with Gasteiger partial charge in [0.05, 0.1) is 17.8 Å². The van der Waals surface area contributed by atoms with Gasteiger partial charge in [0.2, 0.25) is 0 Å². The summed E-state index contributed by atoms with van der Waals surface area (Å²) >= 11 is 5.84. The molecule has 0 radical (unpaired) electrons. The van der Waals surface area contributed by atoms with Gasteiger partial charge in [0.25, 0.3) is 5.91 Å². The van der Waals surface area contributed by atoms with Crippen LogP contribution in [0.4, 0.5) is 0 Å². The first kappa shape index (κ1) is 15.5. The van der Waals surface area contributed by atoms with Crippen LogP contribution >= 0.6 is 11.6 Å². The molecule has 0 bridgehead atoms. The average Bonchev–Trinajstić information content (AvgIpc) is 2.53. The van der Waals surface area contributed by atoms with Crippen LogP contribution in [-0.2, 0) is 4.79 Å². The molecule has 6 heteroatoms. The molecule has 0 aliphatic heterocycles. The molecule has 2 rings (SSSR count). The molecule has 0 aromatic heterocycles. The van der Waals surface area contributed by atoms with E-state index in [1.165, 1.54) is 6.21 Å². The minimum atomic E-state index is -0.386. The van der Waals surface area contributed by atoms with Gasteiger partial charge < -0.3 is 4.74 Å². The number of nitrogens with zero attached hydrogens (tertiary/aromatic N) is 2. The van der Waals surface area contributed by atoms with Crippen molar-refractivity contribution in [2.75, 3.05) is 6.61 Å². The first-order valence-electron chi connectivity index (χ1n) is 6.38. The van der Waals surface area contributed by atoms with Crippen molar-refractivity contribution in [1.82, 2.24) is 5.43 Å². The maximum Gasteiger partial charge on any atom is 0.277 e. The summed E-state index contributed by atoms with van der Waals surface area (Å²) in [4.78, 5) is 11.6. The maximum absolute atomic E-state index is 11.6. The smallest absolute Gasteiger partial charge is 0.277 e. The number of hydrazone groups is 1. The van der Waals surface area contributed by atoms with Gasteiger partial charge in [-0.05, 0) is 42.0 Å². The lowest BCUT2D eigenvalue weighted by molar-refractivity contribution is -0.123. The molecule has 0 atom stereocenters. The lowest BCUT2D eigenvalue weighted by Gasteiger charge is -2.04. The summed E-state index contributed by atoms with van der Waals surface area (Å²) in [7, 11) is 0. The number of nitriles is 1. The molecule has 0 unspecified atom stereocenters. The second-order valence-electron chi connectivity index (χ2n) is 4.27. The largest absolute Gasteiger partial charge is 0.484 e. The lowest BCUT2D eigenvalue weighted by atomic mass is 10.2. The Hall–Kier alpha value is -2.84. The predicted molar refractivity (Wildman–Crippen MR) is 83.8 cm³/mol. The van der Waals surface area contributed by atoms with Crippen molar-refractivity contribution in [3.63, 3.8) is 0 Å². The van der Waals surface area contributed by atoms with Gasteiger partial charge in [0.15, 0.2) is 6.61 Å². The Labute approximate surface area is 132 Å². The van der Waals surface area contributed by atoms with Crippen LogP contribution < -0.4 is 10.2 Å². The van der Waals surface area contributed by atoms with Crippen LogP contribution in [0, 0.1) is 11.3 Å². The van der Waals surface area contributed by atoms with Gasteiger partial charge in [0.1, 0.15) is 5.75 Å². The zero-order chi connectivity index (χ0) is 15.8. The molecule has 0 spiro atoms. The van der Waals surface area contributed by atoms with Crippen LogP contribution in [0.3, 0.4) is 0 Å². The van der Waals surface area contributed by atoms with Crippen molar-refractivity contribution in [2.45, 2.75) is 0 Å². The number of carbonyl (C=O) groups is 1. The van der Waals surface area contributed by atoms with E-state index in [4.69, 9.17) is 21.6 Å². The topological polar surface area (TPSA) is 74.5 Å². The number of hydrogen-bond donors (Lipinski definition) is 1. The van der Waals surface area contributed by atoms with Crippen molar-refractivity contribution in [3.8, 4) is 11.8 Å². The van der Waals surface area contributed by atoms with E-state index in [-0.39, 0.29) is 12.5 Å². The molecule has 22 heavy (non-hydrogen) atoms. The van der Waals surface area contributed by atoms with Crippen LogP contribution in [0.1, 0.15) is 11.1 Å². The van der Waals surface area contributed by atoms with Gasteiger partial charge >= 0.3 is 0 Å². The van der Waals surface area contributed by atoms with E-state index in [1.807, 2.05) is 12.1 Å². The summed E-state index contributed by atoms with van der Waals surface area (Å²) < 4.78 is 5.27. The highest BCUT2D eigenvalue weighted by Gasteiger charge is 2.01. The number of carbonyl (C=O) groups excluding carboxylic acids is 1.